The van der Waals surface area contributed by atoms with Crippen molar-refractivity contribution >= 4 is 11.3 Å². The Morgan fingerprint density at radius 2 is 2.39 bits per heavy atom. The van der Waals surface area contributed by atoms with E-state index in [1.165, 1.54) is 11.3 Å². The van der Waals surface area contributed by atoms with Crippen LogP contribution in [0.1, 0.15) is 37.1 Å². The van der Waals surface area contributed by atoms with E-state index >= 15 is 0 Å². The van der Waals surface area contributed by atoms with Gasteiger partial charge in [0.15, 0.2) is 0 Å². The zero-order chi connectivity index (χ0) is 12.8. The van der Waals surface area contributed by atoms with Gasteiger partial charge in [0.25, 0.3) is 0 Å². The van der Waals surface area contributed by atoms with E-state index in [0.717, 1.165) is 25.8 Å². The molecule has 0 aliphatic heterocycles. The van der Waals surface area contributed by atoms with Crippen LogP contribution in [0.4, 0.5) is 0 Å². The third-order valence-corrected chi connectivity index (χ3v) is 3.89. The highest BCUT2D eigenvalue weighted by Crippen LogP contribution is 2.19. The zero-order valence-corrected chi connectivity index (χ0v) is 11.9. The lowest BCUT2D eigenvalue weighted by Crippen LogP contribution is -2.24. The molecule has 0 aliphatic rings. The van der Waals surface area contributed by atoms with Crippen LogP contribution in [-0.2, 0) is 13.5 Å². The first-order chi connectivity index (χ1) is 8.81. The second-order valence-corrected chi connectivity index (χ2v) is 5.39. The Hall–Kier alpha value is -1.13. The quantitative estimate of drug-likeness (QED) is 0.831. The molecule has 2 heterocycles. The third kappa shape index (κ3) is 3.43. The summed E-state index contributed by atoms with van der Waals surface area (Å²) in [5.74, 6) is 0. The lowest BCUT2D eigenvalue weighted by molar-refractivity contribution is 0.477. The molecule has 0 saturated heterocycles. The molecule has 0 aliphatic carbocycles. The van der Waals surface area contributed by atoms with Gasteiger partial charge in [0, 0.05) is 19.3 Å². The summed E-state index contributed by atoms with van der Waals surface area (Å²) in [5.41, 5.74) is 2.71. The maximum atomic E-state index is 4.22. The topological polar surface area (TPSA) is 29.9 Å². The minimum Gasteiger partial charge on any atom is -0.336 e. The highest BCUT2D eigenvalue weighted by Gasteiger charge is 2.14. The van der Waals surface area contributed by atoms with Gasteiger partial charge < -0.3 is 9.88 Å². The molecule has 0 spiro atoms. The fourth-order valence-electron chi connectivity index (χ4n) is 2.12. The van der Waals surface area contributed by atoms with Gasteiger partial charge in [-0.25, -0.2) is 4.98 Å². The number of nitrogens with one attached hydrogen (secondary N) is 1. The summed E-state index contributed by atoms with van der Waals surface area (Å²) >= 11 is 1.77. The summed E-state index contributed by atoms with van der Waals surface area (Å²) in [7, 11) is 2.06. The largest absolute Gasteiger partial charge is 0.336 e. The normalized spacial score (nSPS) is 12.8. The lowest BCUT2D eigenvalue weighted by atomic mass is 10.1. The fourth-order valence-corrected chi connectivity index (χ4v) is 2.83. The molecule has 0 saturated carbocycles. The van der Waals surface area contributed by atoms with Gasteiger partial charge in [0.1, 0.15) is 0 Å². The second-order valence-electron chi connectivity index (χ2n) is 4.61. The average Bonchev–Trinajstić information content (AvgIpc) is 3.01. The van der Waals surface area contributed by atoms with Crippen LogP contribution in [0.3, 0.4) is 0 Å². The van der Waals surface area contributed by atoms with Gasteiger partial charge in [-0.1, -0.05) is 6.92 Å². The molecule has 0 amide bonds. The van der Waals surface area contributed by atoms with Gasteiger partial charge in [-0.3, -0.25) is 0 Å². The summed E-state index contributed by atoms with van der Waals surface area (Å²) < 4.78 is 2.11. The number of aryl methyl sites for hydroxylation is 2. The molecule has 0 bridgehead atoms. The van der Waals surface area contributed by atoms with Crippen molar-refractivity contribution in [2.45, 2.75) is 32.2 Å². The van der Waals surface area contributed by atoms with E-state index in [2.05, 4.69) is 45.7 Å². The van der Waals surface area contributed by atoms with E-state index in [0.29, 0.717) is 6.04 Å². The number of aromatic nitrogens is 2. The van der Waals surface area contributed by atoms with Crippen LogP contribution in [0.5, 0.6) is 0 Å². The van der Waals surface area contributed by atoms with Crippen molar-refractivity contribution in [3.63, 3.8) is 0 Å². The van der Waals surface area contributed by atoms with Gasteiger partial charge in [0.05, 0.1) is 12.0 Å². The molecule has 1 unspecified atom stereocenters. The molecule has 0 fully saturated rings. The van der Waals surface area contributed by atoms with Crippen LogP contribution in [-0.4, -0.2) is 16.1 Å². The summed E-state index contributed by atoms with van der Waals surface area (Å²) in [6.07, 6.45) is 7.25. The minimum atomic E-state index is 0.400. The van der Waals surface area contributed by atoms with Crippen molar-refractivity contribution in [2.24, 2.45) is 7.05 Å². The van der Waals surface area contributed by atoms with E-state index in [-0.39, 0.29) is 0 Å². The lowest BCUT2D eigenvalue weighted by Gasteiger charge is -2.18. The van der Waals surface area contributed by atoms with Gasteiger partial charge in [-0.2, -0.15) is 11.3 Å². The maximum Gasteiger partial charge on any atom is 0.0946 e. The molecule has 1 N–H and O–H groups in total. The maximum absolute atomic E-state index is 4.22. The molecule has 4 heteroatoms. The summed E-state index contributed by atoms with van der Waals surface area (Å²) in [6, 6.07) is 2.61. The van der Waals surface area contributed by atoms with Crippen LogP contribution < -0.4 is 5.32 Å². The van der Waals surface area contributed by atoms with Gasteiger partial charge in [-0.15, -0.1) is 0 Å². The fraction of sp³-hybridized carbons (Fsp3) is 0.500. The standard InChI is InChI=1S/C14H21N3S/c1-3-7-16-13(14-9-15-11-17(14)2)5-4-12-6-8-18-10-12/h6,8-11,13,16H,3-5,7H2,1-2H3. The molecular formula is C14H21N3S. The summed E-state index contributed by atoms with van der Waals surface area (Å²) in [4.78, 5) is 4.22. The van der Waals surface area contributed by atoms with Gasteiger partial charge in [-0.05, 0) is 48.2 Å². The van der Waals surface area contributed by atoms with E-state index < -0.39 is 0 Å². The predicted octanol–water partition coefficient (Wildman–Crippen LogP) is 3.16. The number of hydrogen-bond donors (Lipinski definition) is 1. The molecule has 2 rings (SSSR count). The molecule has 1 atom stereocenters. The van der Waals surface area contributed by atoms with Crippen molar-refractivity contribution in [1.29, 1.82) is 0 Å². The Labute approximate surface area is 113 Å². The smallest absolute Gasteiger partial charge is 0.0946 e. The van der Waals surface area contributed by atoms with Crippen molar-refractivity contribution < 1.29 is 0 Å². The number of thiophene rings is 1. The van der Waals surface area contributed by atoms with Crippen molar-refractivity contribution in [3.05, 3.63) is 40.6 Å². The molecular weight excluding hydrogens is 242 g/mol. The molecule has 98 valence electrons. The van der Waals surface area contributed by atoms with E-state index in [9.17, 15) is 0 Å². The Balaban J connectivity index is 1.99. The van der Waals surface area contributed by atoms with E-state index in [1.807, 2.05) is 12.5 Å². The highest BCUT2D eigenvalue weighted by molar-refractivity contribution is 7.07. The van der Waals surface area contributed by atoms with E-state index in [1.54, 1.807) is 11.3 Å². The summed E-state index contributed by atoms with van der Waals surface area (Å²) in [6.45, 7) is 3.26. The first-order valence-corrected chi connectivity index (χ1v) is 7.46. The van der Waals surface area contributed by atoms with Crippen molar-refractivity contribution in [3.8, 4) is 0 Å². The number of hydrogen-bond acceptors (Lipinski definition) is 3. The molecule has 0 radical (unpaired) electrons. The van der Waals surface area contributed by atoms with Crippen molar-refractivity contribution in [1.82, 2.24) is 14.9 Å². The van der Waals surface area contributed by atoms with Crippen molar-refractivity contribution in [2.75, 3.05) is 6.54 Å². The van der Waals surface area contributed by atoms with Crippen LogP contribution in [0.15, 0.2) is 29.4 Å². The van der Waals surface area contributed by atoms with Crippen LogP contribution in [0.25, 0.3) is 0 Å². The van der Waals surface area contributed by atoms with Gasteiger partial charge in [0.2, 0.25) is 0 Å². The molecule has 2 aromatic heterocycles. The SMILES string of the molecule is CCCNC(CCc1ccsc1)c1cncn1C. The molecule has 2 aromatic rings. The Bertz CT molecular complexity index is 447. The third-order valence-electron chi connectivity index (χ3n) is 3.15. The summed E-state index contributed by atoms with van der Waals surface area (Å²) in [5, 5.41) is 8.00. The number of nitrogens with zero attached hydrogens (tertiary/aromatic N) is 2. The molecule has 18 heavy (non-hydrogen) atoms. The highest BCUT2D eigenvalue weighted by atomic mass is 32.1. The van der Waals surface area contributed by atoms with Crippen LogP contribution >= 0.6 is 11.3 Å². The van der Waals surface area contributed by atoms with Crippen LogP contribution in [0, 0.1) is 0 Å². The number of rotatable bonds is 7. The van der Waals surface area contributed by atoms with Gasteiger partial charge >= 0.3 is 0 Å². The minimum absolute atomic E-state index is 0.400. The first-order valence-electron chi connectivity index (χ1n) is 6.52. The molecule has 3 nitrogen and oxygen atoms in total. The monoisotopic (exact) mass is 263 g/mol. The average molecular weight is 263 g/mol. The Morgan fingerprint density at radius 1 is 1.50 bits per heavy atom. The predicted molar refractivity (Wildman–Crippen MR) is 76.9 cm³/mol. The van der Waals surface area contributed by atoms with E-state index in [4.69, 9.17) is 0 Å². The number of imidazole rings is 1. The Morgan fingerprint density at radius 3 is 3.00 bits per heavy atom. The molecule has 0 aromatic carbocycles. The Kier molecular flexibility index (Phi) is 4.96. The zero-order valence-electron chi connectivity index (χ0n) is 11.1. The first kappa shape index (κ1) is 13.3. The second kappa shape index (κ2) is 6.71. The van der Waals surface area contributed by atoms with Crippen LogP contribution in [0.2, 0.25) is 0 Å².